The standard InChI is InChI=1S/C8H13NOS/c1-3-4-5-9-7(2)6-11-8(9)10/h6H,3-5H2,1-2H3. The highest BCUT2D eigenvalue weighted by molar-refractivity contribution is 7.07. The van der Waals surface area contributed by atoms with E-state index >= 15 is 0 Å². The van der Waals surface area contributed by atoms with Crippen molar-refractivity contribution in [2.45, 2.75) is 33.2 Å². The van der Waals surface area contributed by atoms with E-state index in [2.05, 4.69) is 6.92 Å². The van der Waals surface area contributed by atoms with Crippen LogP contribution in [0.25, 0.3) is 0 Å². The molecule has 0 atom stereocenters. The van der Waals surface area contributed by atoms with E-state index < -0.39 is 0 Å². The summed E-state index contributed by atoms with van der Waals surface area (Å²) in [5.41, 5.74) is 1.09. The van der Waals surface area contributed by atoms with Crippen molar-refractivity contribution in [1.82, 2.24) is 4.57 Å². The van der Waals surface area contributed by atoms with Gasteiger partial charge in [0, 0.05) is 17.6 Å². The van der Waals surface area contributed by atoms with Crippen LogP contribution in [0.5, 0.6) is 0 Å². The molecule has 0 aliphatic rings. The van der Waals surface area contributed by atoms with Gasteiger partial charge in [-0.2, -0.15) is 0 Å². The van der Waals surface area contributed by atoms with Crippen molar-refractivity contribution in [3.05, 3.63) is 20.7 Å². The SMILES string of the molecule is CCCCn1c(C)csc1=O. The Bertz CT molecular complexity index is 274. The molecular formula is C8H13NOS. The normalized spacial score (nSPS) is 10.4. The first-order chi connectivity index (χ1) is 5.25. The van der Waals surface area contributed by atoms with Crippen LogP contribution < -0.4 is 4.87 Å². The molecule has 0 aromatic carbocycles. The maximum atomic E-state index is 11.1. The smallest absolute Gasteiger partial charge is 0.303 e. The number of aromatic nitrogens is 1. The van der Waals surface area contributed by atoms with Crippen LogP contribution in [-0.2, 0) is 6.54 Å². The molecule has 0 spiro atoms. The van der Waals surface area contributed by atoms with Crippen molar-refractivity contribution in [3.8, 4) is 0 Å². The van der Waals surface area contributed by atoms with Crippen molar-refractivity contribution in [2.75, 3.05) is 0 Å². The molecule has 0 aliphatic heterocycles. The van der Waals surface area contributed by atoms with Gasteiger partial charge in [0.1, 0.15) is 0 Å². The topological polar surface area (TPSA) is 22.0 Å². The molecule has 0 unspecified atom stereocenters. The lowest BCUT2D eigenvalue weighted by molar-refractivity contribution is 0.611. The zero-order valence-electron chi connectivity index (χ0n) is 6.96. The second-order valence-corrected chi connectivity index (χ2v) is 3.47. The van der Waals surface area contributed by atoms with Crippen LogP contribution >= 0.6 is 11.3 Å². The second-order valence-electron chi connectivity index (χ2n) is 2.65. The fraction of sp³-hybridized carbons (Fsp3) is 0.625. The number of hydrogen-bond donors (Lipinski definition) is 0. The largest absolute Gasteiger partial charge is 0.307 e. The highest BCUT2D eigenvalue weighted by atomic mass is 32.1. The molecule has 0 fully saturated rings. The zero-order valence-corrected chi connectivity index (χ0v) is 7.78. The fourth-order valence-electron chi connectivity index (χ4n) is 0.991. The Balaban J connectivity index is 2.75. The van der Waals surface area contributed by atoms with E-state index in [1.165, 1.54) is 11.3 Å². The van der Waals surface area contributed by atoms with Gasteiger partial charge in [-0.25, -0.2) is 0 Å². The number of rotatable bonds is 3. The number of nitrogens with zero attached hydrogens (tertiary/aromatic N) is 1. The molecular weight excluding hydrogens is 158 g/mol. The summed E-state index contributed by atoms with van der Waals surface area (Å²) in [5, 5.41) is 1.91. The molecule has 1 heterocycles. The molecule has 1 aromatic heterocycles. The van der Waals surface area contributed by atoms with Gasteiger partial charge in [-0.3, -0.25) is 4.79 Å². The first kappa shape index (κ1) is 8.53. The third-order valence-electron chi connectivity index (χ3n) is 1.71. The van der Waals surface area contributed by atoms with E-state index in [0.717, 1.165) is 25.1 Å². The first-order valence-corrected chi connectivity index (χ1v) is 4.78. The van der Waals surface area contributed by atoms with E-state index in [9.17, 15) is 4.79 Å². The van der Waals surface area contributed by atoms with Crippen LogP contribution in [0.2, 0.25) is 0 Å². The molecule has 0 N–H and O–H groups in total. The Labute approximate surface area is 70.5 Å². The van der Waals surface area contributed by atoms with Gasteiger partial charge in [-0.1, -0.05) is 24.7 Å². The van der Waals surface area contributed by atoms with Crippen molar-refractivity contribution >= 4 is 11.3 Å². The lowest BCUT2D eigenvalue weighted by atomic mass is 10.3. The van der Waals surface area contributed by atoms with E-state index in [1.807, 2.05) is 16.9 Å². The molecule has 0 saturated carbocycles. The molecule has 11 heavy (non-hydrogen) atoms. The quantitative estimate of drug-likeness (QED) is 0.682. The summed E-state index contributed by atoms with van der Waals surface area (Å²) >= 11 is 1.29. The Kier molecular flexibility index (Phi) is 2.88. The maximum Gasteiger partial charge on any atom is 0.307 e. The average molecular weight is 171 g/mol. The minimum absolute atomic E-state index is 0.177. The molecule has 1 rings (SSSR count). The summed E-state index contributed by atoms with van der Waals surface area (Å²) in [6.45, 7) is 4.99. The molecule has 62 valence electrons. The van der Waals surface area contributed by atoms with E-state index in [-0.39, 0.29) is 4.87 Å². The first-order valence-electron chi connectivity index (χ1n) is 3.90. The van der Waals surface area contributed by atoms with Crippen LogP contribution in [-0.4, -0.2) is 4.57 Å². The summed E-state index contributed by atoms with van der Waals surface area (Å²) in [4.78, 5) is 11.3. The number of unbranched alkanes of at least 4 members (excludes halogenated alkanes) is 1. The van der Waals surface area contributed by atoms with Gasteiger partial charge in [-0.05, 0) is 13.3 Å². The Morgan fingerprint density at radius 3 is 2.82 bits per heavy atom. The van der Waals surface area contributed by atoms with Crippen LogP contribution in [0.3, 0.4) is 0 Å². The van der Waals surface area contributed by atoms with Crippen molar-refractivity contribution < 1.29 is 0 Å². The summed E-state index contributed by atoms with van der Waals surface area (Å²) < 4.78 is 1.84. The van der Waals surface area contributed by atoms with Gasteiger partial charge in [0.05, 0.1) is 0 Å². The second kappa shape index (κ2) is 3.72. The highest BCUT2D eigenvalue weighted by Gasteiger charge is 1.99. The molecule has 0 aliphatic carbocycles. The monoisotopic (exact) mass is 171 g/mol. The Morgan fingerprint density at radius 2 is 2.36 bits per heavy atom. The minimum atomic E-state index is 0.177. The molecule has 0 amide bonds. The van der Waals surface area contributed by atoms with E-state index in [4.69, 9.17) is 0 Å². The summed E-state index contributed by atoms with van der Waals surface area (Å²) in [6.07, 6.45) is 2.24. The molecule has 3 heteroatoms. The number of aryl methyl sites for hydroxylation is 1. The molecule has 2 nitrogen and oxygen atoms in total. The third kappa shape index (κ3) is 1.93. The number of thiazole rings is 1. The van der Waals surface area contributed by atoms with Crippen LogP contribution in [0, 0.1) is 6.92 Å². The Hall–Kier alpha value is -0.570. The van der Waals surface area contributed by atoms with Gasteiger partial charge in [0.2, 0.25) is 0 Å². The summed E-state index contributed by atoms with van der Waals surface area (Å²) in [7, 11) is 0. The predicted molar refractivity (Wildman–Crippen MR) is 48.2 cm³/mol. The molecule has 0 saturated heterocycles. The van der Waals surface area contributed by atoms with Crippen molar-refractivity contribution in [3.63, 3.8) is 0 Å². The lowest BCUT2D eigenvalue weighted by Crippen LogP contribution is -2.14. The molecule has 0 bridgehead atoms. The molecule has 1 aromatic rings. The number of hydrogen-bond acceptors (Lipinski definition) is 2. The van der Waals surface area contributed by atoms with Gasteiger partial charge in [0.25, 0.3) is 0 Å². The highest BCUT2D eigenvalue weighted by Crippen LogP contribution is 2.01. The average Bonchev–Trinajstić information content (AvgIpc) is 2.29. The predicted octanol–water partition coefficient (Wildman–Crippen LogP) is 2.02. The maximum absolute atomic E-state index is 11.1. The minimum Gasteiger partial charge on any atom is -0.303 e. The van der Waals surface area contributed by atoms with Crippen molar-refractivity contribution in [1.29, 1.82) is 0 Å². The zero-order chi connectivity index (χ0) is 8.27. The summed E-state index contributed by atoms with van der Waals surface area (Å²) in [5.74, 6) is 0. The lowest BCUT2D eigenvalue weighted by Gasteiger charge is -2.00. The van der Waals surface area contributed by atoms with Crippen LogP contribution in [0.15, 0.2) is 10.2 Å². The van der Waals surface area contributed by atoms with Gasteiger partial charge in [-0.15, -0.1) is 0 Å². The van der Waals surface area contributed by atoms with Gasteiger partial charge in [0.15, 0.2) is 0 Å². The van der Waals surface area contributed by atoms with E-state index in [0.29, 0.717) is 0 Å². The van der Waals surface area contributed by atoms with Crippen LogP contribution in [0.4, 0.5) is 0 Å². The summed E-state index contributed by atoms with van der Waals surface area (Å²) in [6, 6.07) is 0. The fourth-order valence-corrected chi connectivity index (χ4v) is 1.75. The van der Waals surface area contributed by atoms with Crippen molar-refractivity contribution in [2.24, 2.45) is 0 Å². The Morgan fingerprint density at radius 1 is 1.64 bits per heavy atom. The third-order valence-corrected chi connectivity index (χ3v) is 2.59. The molecule has 0 radical (unpaired) electrons. The van der Waals surface area contributed by atoms with Crippen LogP contribution in [0.1, 0.15) is 25.5 Å². The van der Waals surface area contributed by atoms with Gasteiger partial charge < -0.3 is 4.57 Å². The van der Waals surface area contributed by atoms with E-state index in [1.54, 1.807) is 0 Å². The van der Waals surface area contributed by atoms with Gasteiger partial charge >= 0.3 is 4.87 Å².